The van der Waals surface area contributed by atoms with Gasteiger partial charge in [-0.05, 0) is 29.2 Å². The second-order valence-corrected chi connectivity index (χ2v) is 6.70. The molecule has 1 aromatic heterocycles. The van der Waals surface area contributed by atoms with Crippen LogP contribution in [0.3, 0.4) is 0 Å². The van der Waals surface area contributed by atoms with E-state index in [2.05, 4.69) is 43.1 Å². The third kappa shape index (κ3) is 3.02. The smallest absolute Gasteiger partial charge is 0.307 e. The van der Waals surface area contributed by atoms with Crippen molar-refractivity contribution in [3.05, 3.63) is 53.6 Å². The van der Waals surface area contributed by atoms with Gasteiger partial charge in [-0.3, -0.25) is 4.79 Å². The minimum atomic E-state index is -0.812. The molecule has 0 aliphatic carbocycles. The van der Waals surface area contributed by atoms with Gasteiger partial charge < -0.3 is 5.11 Å². The van der Waals surface area contributed by atoms with E-state index in [1.54, 1.807) is 11.3 Å². The summed E-state index contributed by atoms with van der Waals surface area (Å²) in [7, 11) is 0. The highest BCUT2D eigenvalue weighted by Gasteiger charge is 2.09. The van der Waals surface area contributed by atoms with E-state index in [0.717, 1.165) is 26.4 Å². The van der Waals surface area contributed by atoms with Crippen molar-refractivity contribution in [2.24, 2.45) is 0 Å². The molecule has 0 aliphatic heterocycles. The third-order valence-corrected chi connectivity index (χ3v) is 4.70. The summed E-state index contributed by atoms with van der Waals surface area (Å²) in [5.74, 6) is -0.295. The first-order valence-corrected chi connectivity index (χ1v) is 8.06. The molecule has 4 heteroatoms. The van der Waals surface area contributed by atoms with E-state index >= 15 is 0 Å². The van der Waals surface area contributed by atoms with Crippen molar-refractivity contribution in [1.82, 2.24) is 4.98 Å². The number of hydrogen-bond donors (Lipinski definition) is 1. The van der Waals surface area contributed by atoms with E-state index in [4.69, 9.17) is 5.11 Å². The zero-order valence-electron chi connectivity index (χ0n) is 12.5. The second-order valence-electron chi connectivity index (χ2n) is 5.67. The monoisotopic (exact) mass is 311 g/mol. The topological polar surface area (TPSA) is 50.2 Å². The lowest BCUT2D eigenvalue weighted by atomic mass is 10.0. The number of carbonyl (C=O) groups is 1. The lowest BCUT2D eigenvalue weighted by Crippen LogP contribution is -1.99. The highest BCUT2D eigenvalue weighted by molar-refractivity contribution is 7.21. The van der Waals surface area contributed by atoms with Gasteiger partial charge in [-0.15, -0.1) is 11.3 Å². The Morgan fingerprint density at radius 2 is 1.91 bits per heavy atom. The summed E-state index contributed by atoms with van der Waals surface area (Å²) in [6.45, 7) is 4.35. The van der Waals surface area contributed by atoms with Crippen molar-refractivity contribution in [2.45, 2.75) is 26.2 Å². The minimum Gasteiger partial charge on any atom is -0.481 e. The molecule has 112 valence electrons. The summed E-state index contributed by atoms with van der Waals surface area (Å²) in [6.07, 6.45) is 0.0479. The number of carboxylic acid groups (broad SMARTS) is 1. The highest BCUT2D eigenvalue weighted by Crippen LogP contribution is 2.31. The summed E-state index contributed by atoms with van der Waals surface area (Å²) in [4.78, 5) is 15.5. The highest BCUT2D eigenvalue weighted by atomic mass is 32.1. The van der Waals surface area contributed by atoms with Crippen molar-refractivity contribution in [1.29, 1.82) is 0 Å². The molecule has 22 heavy (non-hydrogen) atoms. The molecule has 0 bridgehead atoms. The Morgan fingerprint density at radius 3 is 2.55 bits per heavy atom. The lowest BCUT2D eigenvalue weighted by Gasteiger charge is -2.05. The maximum atomic E-state index is 10.8. The largest absolute Gasteiger partial charge is 0.481 e. The van der Waals surface area contributed by atoms with Crippen LogP contribution in [0.25, 0.3) is 20.8 Å². The molecule has 0 atom stereocenters. The van der Waals surface area contributed by atoms with Crippen LogP contribution in [0.2, 0.25) is 0 Å². The first-order valence-electron chi connectivity index (χ1n) is 7.24. The van der Waals surface area contributed by atoms with Crippen LogP contribution in [0.1, 0.15) is 30.9 Å². The molecule has 1 heterocycles. The van der Waals surface area contributed by atoms with Gasteiger partial charge in [0.25, 0.3) is 0 Å². The van der Waals surface area contributed by atoms with Gasteiger partial charge in [0.05, 0.1) is 16.6 Å². The Bertz CT molecular complexity index is 819. The Hall–Kier alpha value is -2.20. The van der Waals surface area contributed by atoms with Gasteiger partial charge in [0.2, 0.25) is 0 Å². The summed E-state index contributed by atoms with van der Waals surface area (Å²) >= 11 is 1.60. The molecular weight excluding hydrogens is 294 g/mol. The maximum Gasteiger partial charge on any atom is 0.307 e. The molecule has 3 rings (SSSR count). The Labute approximate surface area is 133 Å². The number of carboxylic acids is 1. The van der Waals surface area contributed by atoms with E-state index in [0.29, 0.717) is 5.92 Å². The number of rotatable bonds is 4. The van der Waals surface area contributed by atoms with Gasteiger partial charge in [0, 0.05) is 5.56 Å². The zero-order chi connectivity index (χ0) is 15.7. The quantitative estimate of drug-likeness (QED) is 0.759. The van der Waals surface area contributed by atoms with Gasteiger partial charge in [-0.1, -0.05) is 44.2 Å². The number of thiazole rings is 1. The van der Waals surface area contributed by atoms with Crippen LogP contribution in [0, 0.1) is 0 Å². The number of nitrogens with zero attached hydrogens (tertiary/aromatic N) is 1. The van der Waals surface area contributed by atoms with Crippen LogP contribution in [0.15, 0.2) is 42.5 Å². The Morgan fingerprint density at radius 1 is 1.18 bits per heavy atom. The number of aliphatic carboxylic acids is 1. The molecule has 0 aliphatic rings. The van der Waals surface area contributed by atoms with Crippen molar-refractivity contribution < 1.29 is 9.90 Å². The van der Waals surface area contributed by atoms with E-state index in [9.17, 15) is 4.79 Å². The average Bonchev–Trinajstić information content (AvgIpc) is 2.90. The SMILES string of the molecule is CC(C)c1ccc(-c2nc3ccc(CC(=O)O)cc3s2)cc1. The maximum absolute atomic E-state index is 10.8. The van der Waals surface area contributed by atoms with Gasteiger partial charge >= 0.3 is 5.97 Å². The number of hydrogen-bond acceptors (Lipinski definition) is 3. The first-order chi connectivity index (χ1) is 10.5. The summed E-state index contributed by atoms with van der Waals surface area (Å²) in [5, 5.41) is 9.85. The van der Waals surface area contributed by atoms with Crippen LogP contribution in [-0.4, -0.2) is 16.1 Å². The van der Waals surface area contributed by atoms with Crippen LogP contribution in [0.5, 0.6) is 0 Å². The molecule has 3 aromatic rings. The average molecular weight is 311 g/mol. The molecule has 3 nitrogen and oxygen atoms in total. The fourth-order valence-corrected chi connectivity index (χ4v) is 3.42. The van der Waals surface area contributed by atoms with E-state index in [-0.39, 0.29) is 6.42 Å². The van der Waals surface area contributed by atoms with Gasteiger partial charge in [-0.25, -0.2) is 4.98 Å². The molecule has 2 aromatic carbocycles. The molecule has 0 saturated heterocycles. The third-order valence-electron chi connectivity index (χ3n) is 3.63. The lowest BCUT2D eigenvalue weighted by molar-refractivity contribution is -0.136. The number of aromatic nitrogens is 1. The molecule has 1 N–H and O–H groups in total. The molecule has 0 fully saturated rings. The van der Waals surface area contributed by atoms with Crippen molar-refractivity contribution in [2.75, 3.05) is 0 Å². The predicted molar refractivity (Wildman–Crippen MR) is 90.5 cm³/mol. The van der Waals surface area contributed by atoms with Crippen LogP contribution in [-0.2, 0) is 11.2 Å². The fraction of sp³-hybridized carbons (Fsp3) is 0.222. The summed E-state index contributed by atoms with van der Waals surface area (Å²) in [5.41, 5.74) is 4.14. The van der Waals surface area contributed by atoms with E-state index in [1.165, 1.54) is 5.56 Å². The summed E-state index contributed by atoms with van der Waals surface area (Å²) < 4.78 is 1.03. The van der Waals surface area contributed by atoms with Crippen molar-refractivity contribution in [3.63, 3.8) is 0 Å². The van der Waals surface area contributed by atoms with Crippen molar-refractivity contribution in [3.8, 4) is 10.6 Å². The van der Waals surface area contributed by atoms with Crippen LogP contribution >= 0.6 is 11.3 Å². The summed E-state index contributed by atoms with van der Waals surface area (Å²) in [6, 6.07) is 14.1. The van der Waals surface area contributed by atoms with Crippen LogP contribution < -0.4 is 0 Å². The Balaban J connectivity index is 1.95. The van der Waals surface area contributed by atoms with Gasteiger partial charge in [0.1, 0.15) is 5.01 Å². The standard InChI is InChI=1S/C18H17NO2S/c1-11(2)13-4-6-14(7-5-13)18-19-15-8-3-12(10-17(20)21)9-16(15)22-18/h3-9,11H,10H2,1-2H3,(H,20,21). The first kappa shape index (κ1) is 14.7. The number of benzene rings is 2. The molecular formula is C18H17NO2S. The molecule has 0 amide bonds. The molecule has 0 radical (unpaired) electrons. The van der Waals surface area contributed by atoms with Crippen molar-refractivity contribution >= 4 is 27.5 Å². The minimum absolute atomic E-state index is 0.0479. The van der Waals surface area contributed by atoms with Gasteiger partial charge in [-0.2, -0.15) is 0 Å². The van der Waals surface area contributed by atoms with Gasteiger partial charge in [0.15, 0.2) is 0 Å². The van der Waals surface area contributed by atoms with Crippen LogP contribution in [0.4, 0.5) is 0 Å². The fourth-order valence-electron chi connectivity index (χ4n) is 2.39. The predicted octanol–water partition coefficient (Wildman–Crippen LogP) is 4.71. The Kier molecular flexibility index (Phi) is 3.94. The molecule has 0 unspecified atom stereocenters. The van der Waals surface area contributed by atoms with E-state index in [1.807, 2.05) is 18.2 Å². The normalized spacial score (nSPS) is 11.2. The molecule has 0 saturated carbocycles. The number of fused-ring (bicyclic) bond motifs is 1. The zero-order valence-corrected chi connectivity index (χ0v) is 13.4. The second kappa shape index (κ2) is 5.89. The van der Waals surface area contributed by atoms with E-state index < -0.39 is 5.97 Å². The molecule has 0 spiro atoms.